The summed E-state index contributed by atoms with van der Waals surface area (Å²) in [5.41, 5.74) is 4.46. The molecule has 2 aromatic carbocycles. The highest BCUT2D eigenvalue weighted by Gasteiger charge is 2.12. The van der Waals surface area contributed by atoms with Crippen LogP contribution in [0.2, 0.25) is 0 Å². The molecule has 3 rings (SSSR count). The van der Waals surface area contributed by atoms with Gasteiger partial charge in [0.2, 0.25) is 0 Å². The van der Waals surface area contributed by atoms with Crippen LogP contribution in [0.15, 0.2) is 47.8 Å². The summed E-state index contributed by atoms with van der Waals surface area (Å²) in [5, 5.41) is 2.70. The fraction of sp³-hybridized carbons (Fsp3) is 0.261. The van der Waals surface area contributed by atoms with Gasteiger partial charge in [0.25, 0.3) is 0 Å². The number of hydrogen-bond donors (Lipinski definition) is 0. The van der Waals surface area contributed by atoms with Crippen LogP contribution in [0.1, 0.15) is 40.0 Å². The van der Waals surface area contributed by atoms with Gasteiger partial charge in [-0.1, -0.05) is 24.3 Å². The van der Waals surface area contributed by atoms with E-state index >= 15 is 0 Å². The minimum absolute atomic E-state index is 0.0542. The smallest absolute Gasteiger partial charge is 0.306 e. The van der Waals surface area contributed by atoms with Crippen LogP contribution in [0, 0.1) is 13.8 Å². The van der Waals surface area contributed by atoms with Crippen LogP contribution < -0.4 is 4.74 Å². The molecule has 5 nitrogen and oxygen atoms in total. The summed E-state index contributed by atoms with van der Waals surface area (Å²) in [6.07, 6.45) is 0.187. The number of benzene rings is 2. The summed E-state index contributed by atoms with van der Waals surface area (Å²) in [6, 6.07) is 13.2. The molecule has 3 aromatic rings. The van der Waals surface area contributed by atoms with Crippen LogP contribution in [0.4, 0.5) is 0 Å². The first kappa shape index (κ1) is 20.7. The van der Waals surface area contributed by atoms with Gasteiger partial charge >= 0.3 is 5.97 Å². The Labute approximate surface area is 174 Å². The molecule has 1 heterocycles. The van der Waals surface area contributed by atoms with Gasteiger partial charge in [0.05, 0.1) is 19.2 Å². The van der Waals surface area contributed by atoms with Crippen LogP contribution in [-0.4, -0.2) is 23.8 Å². The van der Waals surface area contributed by atoms with E-state index in [1.54, 1.807) is 13.2 Å². The van der Waals surface area contributed by atoms with E-state index in [4.69, 9.17) is 9.47 Å². The molecule has 0 bridgehead atoms. The van der Waals surface area contributed by atoms with Gasteiger partial charge < -0.3 is 9.47 Å². The fourth-order valence-electron chi connectivity index (χ4n) is 2.76. The second-order valence-electron chi connectivity index (χ2n) is 6.76. The number of ether oxygens (including phenoxy) is 2. The molecule has 0 fully saturated rings. The van der Waals surface area contributed by atoms with Crippen LogP contribution in [-0.2, 0) is 16.1 Å². The molecule has 150 valence electrons. The molecule has 0 saturated carbocycles. The lowest BCUT2D eigenvalue weighted by atomic mass is 10.0. The molecule has 29 heavy (non-hydrogen) atoms. The summed E-state index contributed by atoms with van der Waals surface area (Å²) in [7, 11) is 1.62. The molecular weight excluding hydrogens is 386 g/mol. The van der Waals surface area contributed by atoms with Crippen LogP contribution in [0.5, 0.6) is 5.75 Å². The van der Waals surface area contributed by atoms with E-state index in [0.717, 1.165) is 27.4 Å². The fourth-order valence-corrected chi connectivity index (χ4v) is 3.56. The van der Waals surface area contributed by atoms with Crippen LogP contribution in [0.3, 0.4) is 0 Å². The van der Waals surface area contributed by atoms with Gasteiger partial charge in [-0.2, -0.15) is 0 Å². The number of aromatic nitrogens is 1. The van der Waals surface area contributed by atoms with Crippen molar-refractivity contribution in [1.82, 2.24) is 4.98 Å². The Hall–Kier alpha value is -2.99. The molecule has 0 aliphatic carbocycles. The SMILES string of the molecule is COc1cccc(-c2nc(COC(=O)CCC(=O)c3ccc(C)c(C)c3)cs2)c1. The van der Waals surface area contributed by atoms with Crippen LogP contribution >= 0.6 is 11.3 Å². The minimum Gasteiger partial charge on any atom is -0.497 e. The van der Waals surface area contributed by atoms with Gasteiger partial charge in [-0.3, -0.25) is 9.59 Å². The molecule has 0 aliphatic rings. The normalized spacial score (nSPS) is 10.6. The summed E-state index contributed by atoms with van der Waals surface area (Å²) < 4.78 is 10.5. The molecule has 0 N–H and O–H groups in total. The van der Waals surface area contributed by atoms with Crippen molar-refractivity contribution < 1.29 is 19.1 Å². The quantitative estimate of drug-likeness (QED) is 0.381. The van der Waals surface area contributed by atoms with E-state index in [-0.39, 0.29) is 25.2 Å². The lowest BCUT2D eigenvalue weighted by molar-refractivity contribution is -0.145. The maximum absolute atomic E-state index is 12.3. The Kier molecular flexibility index (Phi) is 6.77. The van der Waals surface area contributed by atoms with Gasteiger partial charge in [0.15, 0.2) is 5.78 Å². The third-order valence-electron chi connectivity index (χ3n) is 4.63. The van der Waals surface area contributed by atoms with Crippen molar-refractivity contribution in [2.75, 3.05) is 7.11 Å². The molecule has 0 spiro atoms. The van der Waals surface area contributed by atoms with Crippen LogP contribution in [0.25, 0.3) is 10.6 Å². The number of methoxy groups -OCH3 is 1. The third-order valence-corrected chi connectivity index (χ3v) is 5.57. The summed E-state index contributed by atoms with van der Waals surface area (Å²) >= 11 is 1.48. The van der Waals surface area contributed by atoms with Gasteiger partial charge in [0.1, 0.15) is 17.4 Å². The monoisotopic (exact) mass is 409 g/mol. The highest BCUT2D eigenvalue weighted by molar-refractivity contribution is 7.13. The predicted molar refractivity (Wildman–Crippen MR) is 113 cm³/mol. The van der Waals surface area contributed by atoms with E-state index in [2.05, 4.69) is 4.98 Å². The Bertz CT molecular complexity index is 1030. The number of carbonyl (C=O) groups excluding carboxylic acids is 2. The average Bonchev–Trinajstić information content (AvgIpc) is 3.21. The lowest BCUT2D eigenvalue weighted by Crippen LogP contribution is -2.08. The van der Waals surface area contributed by atoms with Gasteiger partial charge in [-0.25, -0.2) is 4.98 Å². The molecule has 0 atom stereocenters. The van der Waals surface area contributed by atoms with Gasteiger partial charge in [-0.15, -0.1) is 11.3 Å². The van der Waals surface area contributed by atoms with Crippen molar-refractivity contribution in [3.05, 3.63) is 70.2 Å². The first-order valence-electron chi connectivity index (χ1n) is 9.31. The van der Waals surface area contributed by atoms with Gasteiger partial charge in [-0.05, 0) is 43.2 Å². The third kappa shape index (κ3) is 5.51. The summed E-state index contributed by atoms with van der Waals surface area (Å²) in [6.45, 7) is 4.06. The molecule has 6 heteroatoms. The zero-order valence-electron chi connectivity index (χ0n) is 16.7. The highest BCUT2D eigenvalue weighted by Crippen LogP contribution is 2.27. The first-order chi connectivity index (χ1) is 14.0. The number of esters is 1. The standard InChI is InChI=1S/C23H23NO4S/c1-15-7-8-17(11-16(15)2)21(25)9-10-22(26)28-13-19-14-29-23(24-19)18-5-4-6-20(12-18)27-3/h4-8,11-12,14H,9-10,13H2,1-3H3. The highest BCUT2D eigenvalue weighted by atomic mass is 32.1. The molecule has 0 amide bonds. The lowest BCUT2D eigenvalue weighted by Gasteiger charge is -2.05. The van der Waals surface area contributed by atoms with E-state index in [1.165, 1.54) is 11.3 Å². The van der Waals surface area contributed by atoms with Crippen molar-refractivity contribution in [3.8, 4) is 16.3 Å². The number of thiazole rings is 1. The average molecular weight is 410 g/mol. The number of aryl methyl sites for hydroxylation is 2. The Morgan fingerprint density at radius 3 is 2.62 bits per heavy atom. The van der Waals surface area contributed by atoms with E-state index in [0.29, 0.717) is 11.3 Å². The molecule has 0 saturated heterocycles. The molecule has 0 aliphatic heterocycles. The van der Waals surface area contributed by atoms with Crippen molar-refractivity contribution in [1.29, 1.82) is 0 Å². The maximum Gasteiger partial charge on any atom is 0.306 e. The number of Topliss-reactive ketones (excluding diaryl/α,β-unsaturated/α-hetero) is 1. The minimum atomic E-state index is -0.405. The Balaban J connectivity index is 1.50. The Morgan fingerprint density at radius 1 is 1.03 bits per heavy atom. The van der Waals surface area contributed by atoms with Crippen molar-refractivity contribution >= 4 is 23.1 Å². The number of ketones is 1. The molecule has 1 aromatic heterocycles. The number of hydrogen-bond acceptors (Lipinski definition) is 6. The topological polar surface area (TPSA) is 65.5 Å². The first-order valence-corrected chi connectivity index (χ1v) is 10.2. The summed E-state index contributed by atoms with van der Waals surface area (Å²) in [4.78, 5) is 28.8. The molecular formula is C23H23NO4S. The van der Waals surface area contributed by atoms with E-state index < -0.39 is 5.97 Å². The zero-order chi connectivity index (χ0) is 20.8. The zero-order valence-corrected chi connectivity index (χ0v) is 17.5. The molecule has 0 unspecified atom stereocenters. The largest absolute Gasteiger partial charge is 0.497 e. The molecule has 0 radical (unpaired) electrons. The Morgan fingerprint density at radius 2 is 1.86 bits per heavy atom. The number of nitrogens with zero attached hydrogens (tertiary/aromatic N) is 1. The van der Waals surface area contributed by atoms with Gasteiger partial charge in [0, 0.05) is 22.9 Å². The van der Waals surface area contributed by atoms with E-state index in [9.17, 15) is 9.59 Å². The second kappa shape index (κ2) is 9.47. The maximum atomic E-state index is 12.3. The van der Waals surface area contributed by atoms with E-state index in [1.807, 2.05) is 55.6 Å². The van der Waals surface area contributed by atoms with Crippen molar-refractivity contribution in [2.45, 2.75) is 33.3 Å². The van der Waals surface area contributed by atoms with Crippen molar-refractivity contribution in [2.24, 2.45) is 0 Å². The predicted octanol–water partition coefficient (Wildman–Crippen LogP) is 5.14. The number of rotatable bonds is 8. The summed E-state index contributed by atoms with van der Waals surface area (Å²) in [5.74, 6) is 0.302. The van der Waals surface area contributed by atoms with Crippen molar-refractivity contribution in [3.63, 3.8) is 0 Å². The number of carbonyl (C=O) groups is 2. The second-order valence-corrected chi connectivity index (χ2v) is 7.62.